The van der Waals surface area contributed by atoms with Gasteiger partial charge in [-0.2, -0.15) is 0 Å². The molecule has 0 aliphatic carbocycles. The molecule has 1 aliphatic heterocycles. The van der Waals surface area contributed by atoms with Crippen LogP contribution in [0.5, 0.6) is 5.75 Å². The van der Waals surface area contributed by atoms with Gasteiger partial charge in [0, 0.05) is 12.6 Å². The van der Waals surface area contributed by atoms with E-state index in [0.717, 1.165) is 6.07 Å². The molecule has 2 rings (SSSR count). The molecule has 1 aromatic rings. The molecule has 1 saturated heterocycles. The van der Waals surface area contributed by atoms with Crippen LogP contribution in [0.3, 0.4) is 0 Å². The van der Waals surface area contributed by atoms with Crippen molar-refractivity contribution in [1.29, 1.82) is 0 Å². The van der Waals surface area contributed by atoms with Crippen LogP contribution in [-0.4, -0.2) is 51.7 Å². The van der Waals surface area contributed by atoms with Crippen molar-refractivity contribution in [3.05, 3.63) is 23.5 Å². The van der Waals surface area contributed by atoms with E-state index < -0.39 is 24.1 Å². The van der Waals surface area contributed by atoms with Crippen LogP contribution in [-0.2, 0) is 18.8 Å². The van der Waals surface area contributed by atoms with Gasteiger partial charge in [-0.3, -0.25) is 4.79 Å². The highest BCUT2D eigenvalue weighted by atomic mass is 19.1. The summed E-state index contributed by atoms with van der Waals surface area (Å²) in [6.45, 7) is 8.20. The highest BCUT2D eigenvalue weighted by molar-refractivity contribution is 6.63. The van der Waals surface area contributed by atoms with Crippen molar-refractivity contribution in [2.45, 2.75) is 38.9 Å². The van der Waals surface area contributed by atoms with Crippen molar-refractivity contribution in [3.8, 4) is 5.75 Å². The van der Waals surface area contributed by atoms with Crippen molar-refractivity contribution in [2.24, 2.45) is 0 Å². The molecule has 0 spiro atoms. The Labute approximate surface area is 147 Å². The van der Waals surface area contributed by atoms with Gasteiger partial charge < -0.3 is 23.5 Å². The third-order valence-corrected chi connectivity index (χ3v) is 4.46. The van der Waals surface area contributed by atoms with Crippen LogP contribution in [0.1, 0.15) is 38.1 Å². The van der Waals surface area contributed by atoms with Crippen LogP contribution in [0.25, 0.3) is 0 Å². The summed E-state index contributed by atoms with van der Waals surface area (Å²) < 4.78 is 41.6. The van der Waals surface area contributed by atoms with E-state index in [4.69, 9.17) is 23.5 Å². The minimum Gasteiger partial charge on any atom is -0.467 e. The fraction of sp³-hybridized carbons (Fsp3) is 0.588. The number of hydrogen-bond acceptors (Lipinski definition) is 6. The van der Waals surface area contributed by atoms with E-state index in [9.17, 15) is 9.18 Å². The number of benzene rings is 1. The molecule has 0 saturated carbocycles. The Morgan fingerprint density at radius 2 is 1.80 bits per heavy atom. The third kappa shape index (κ3) is 4.38. The highest BCUT2D eigenvalue weighted by Gasteiger charge is 2.52. The molecule has 1 aliphatic rings. The Kier molecular flexibility index (Phi) is 6.21. The first kappa shape index (κ1) is 19.8. The Hall–Kier alpha value is -1.48. The molecule has 0 unspecified atom stereocenters. The van der Waals surface area contributed by atoms with E-state index in [-0.39, 0.29) is 18.1 Å². The molecular formula is C17H24BFO6. The summed E-state index contributed by atoms with van der Waals surface area (Å²) in [5.74, 6) is -0.383. The Bertz CT molecular complexity index is 603. The summed E-state index contributed by atoms with van der Waals surface area (Å²) >= 11 is 0. The van der Waals surface area contributed by atoms with Crippen LogP contribution in [0.2, 0.25) is 0 Å². The second-order valence-corrected chi connectivity index (χ2v) is 6.78. The van der Waals surface area contributed by atoms with Gasteiger partial charge in [0.1, 0.15) is 11.6 Å². The van der Waals surface area contributed by atoms with Gasteiger partial charge in [0.25, 0.3) is 0 Å². The Balaban J connectivity index is 2.27. The van der Waals surface area contributed by atoms with Crippen LogP contribution in [0, 0.1) is 5.82 Å². The predicted molar refractivity (Wildman–Crippen MR) is 90.8 cm³/mol. The summed E-state index contributed by atoms with van der Waals surface area (Å²) in [6.07, 6.45) is 0.530. The van der Waals surface area contributed by atoms with E-state index in [1.807, 2.05) is 27.7 Å². The third-order valence-electron chi connectivity index (χ3n) is 4.46. The summed E-state index contributed by atoms with van der Waals surface area (Å²) in [6, 6.07) is 2.35. The zero-order chi connectivity index (χ0) is 18.7. The van der Waals surface area contributed by atoms with Crippen LogP contribution < -0.4 is 10.2 Å². The first-order valence-electron chi connectivity index (χ1n) is 8.05. The maximum atomic E-state index is 13.9. The SMILES string of the molecule is COCCOCOc1c(C=O)cc(F)cc1B1OC(C)(C)C(C)(C)O1. The number of methoxy groups -OCH3 is 1. The van der Waals surface area contributed by atoms with E-state index >= 15 is 0 Å². The van der Waals surface area contributed by atoms with Crippen molar-refractivity contribution < 1.29 is 32.7 Å². The monoisotopic (exact) mass is 354 g/mol. The predicted octanol–water partition coefficient (Wildman–Crippen LogP) is 1.94. The van der Waals surface area contributed by atoms with E-state index in [1.54, 1.807) is 7.11 Å². The first-order chi connectivity index (χ1) is 11.7. The molecule has 0 radical (unpaired) electrons. The summed E-state index contributed by atoms with van der Waals surface area (Å²) in [5.41, 5.74) is -0.814. The van der Waals surface area contributed by atoms with Gasteiger partial charge in [0.15, 0.2) is 13.1 Å². The number of ether oxygens (including phenoxy) is 3. The van der Waals surface area contributed by atoms with Crippen LogP contribution in [0.4, 0.5) is 4.39 Å². The molecule has 6 nitrogen and oxygen atoms in total. The average Bonchev–Trinajstić information content (AvgIpc) is 2.75. The number of halogens is 1. The number of carbonyl (C=O) groups is 1. The number of rotatable bonds is 8. The topological polar surface area (TPSA) is 63.2 Å². The summed E-state index contributed by atoms with van der Waals surface area (Å²) in [7, 11) is 0.707. The molecule has 0 aromatic heterocycles. The molecule has 0 bridgehead atoms. The van der Waals surface area contributed by atoms with Crippen LogP contribution in [0.15, 0.2) is 12.1 Å². The summed E-state index contributed by atoms with van der Waals surface area (Å²) in [5, 5.41) is 0. The van der Waals surface area contributed by atoms with Gasteiger partial charge in [-0.15, -0.1) is 0 Å². The largest absolute Gasteiger partial charge is 0.498 e. The van der Waals surface area contributed by atoms with Crippen molar-refractivity contribution in [2.75, 3.05) is 27.1 Å². The molecule has 0 N–H and O–H groups in total. The average molecular weight is 354 g/mol. The van der Waals surface area contributed by atoms with Gasteiger partial charge >= 0.3 is 7.12 Å². The standard InChI is InChI=1S/C17H24BFO6/c1-16(2)17(3,4)25-18(24-16)14-9-13(19)8-12(10-20)15(14)23-11-22-7-6-21-5/h8-10H,6-7,11H2,1-5H3. The zero-order valence-corrected chi connectivity index (χ0v) is 15.3. The second kappa shape index (κ2) is 7.82. The first-order valence-corrected chi connectivity index (χ1v) is 8.05. The maximum absolute atomic E-state index is 13.9. The van der Waals surface area contributed by atoms with Gasteiger partial charge in [-0.25, -0.2) is 4.39 Å². The van der Waals surface area contributed by atoms with E-state index in [2.05, 4.69) is 0 Å². The smallest absolute Gasteiger partial charge is 0.467 e. The molecule has 0 amide bonds. The molecule has 138 valence electrons. The normalized spacial score (nSPS) is 18.4. The van der Waals surface area contributed by atoms with Crippen LogP contribution >= 0.6 is 0 Å². The molecule has 8 heteroatoms. The quantitative estimate of drug-likeness (QED) is 0.308. The number of hydrogen-bond donors (Lipinski definition) is 0. The zero-order valence-electron chi connectivity index (χ0n) is 15.3. The fourth-order valence-corrected chi connectivity index (χ4v) is 2.34. The van der Waals surface area contributed by atoms with Gasteiger partial charge in [-0.05, 0) is 39.8 Å². The van der Waals surface area contributed by atoms with Gasteiger partial charge in [-0.1, -0.05) is 0 Å². The van der Waals surface area contributed by atoms with Crippen molar-refractivity contribution in [3.63, 3.8) is 0 Å². The van der Waals surface area contributed by atoms with Crippen molar-refractivity contribution >= 4 is 18.9 Å². The molecule has 1 heterocycles. The molecule has 1 fully saturated rings. The number of carbonyl (C=O) groups excluding carboxylic acids is 1. The van der Waals surface area contributed by atoms with E-state index in [0.29, 0.717) is 25.0 Å². The van der Waals surface area contributed by atoms with E-state index in [1.165, 1.54) is 6.07 Å². The Morgan fingerprint density at radius 1 is 1.16 bits per heavy atom. The van der Waals surface area contributed by atoms with Gasteiger partial charge in [0.2, 0.25) is 0 Å². The minimum absolute atomic E-state index is 0.0695. The molecule has 0 atom stereocenters. The molecule has 1 aromatic carbocycles. The fourth-order valence-electron chi connectivity index (χ4n) is 2.34. The molecule has 25 heavy (non-hydrogen) atoms. The lowest BCUT2D eigenvalue weighted by Gasteiger charge is -2.32. The maximum Gasteiger partial charge on any atom is 0.498 e. The lowest BCUT2D eigenvalue weighted by molar-refractivity contribution is -0.00834. The molecular weight excluding hydrogens is 330 g/mol. The lowest BCUT2D eigenvalue weighted by Crippen LogP contribution is -2.41. The number of aldehydes is 1. The van der Waals surface area contributed by atoms with Gasteiger partial charge in [0.05, 0.1) is 30.0 Å². The summed E-state index contributed by atoms with van der Waals surface area (Å²) in [4.78, 5) is 11.3. The minimum atomic E-state index is -0.853. The van der Waals surface area contributed by atoms with Crippen molar-refractivity contribution in [1.82, 2.24) is 0 Å². The Morgan fingerprint density at radius 3 is 2.36 bits per heavy atom. The lowest BCUT2D eigenvalue weighted by atomic mass is 9.77. The second-order valence-electron chi connectivity index (χ2n) is 6.78. The highest BCUT2D eigenvalue weighted by Crippen LogP contribution is 2.37.